The minimum atomic E-state index is 0.711. The number of aryl methyl sites for hydroxylation is 2. The van der Waals surface area contributed by atoms with Gasteiger partial charge in [0.1, 0.15) is 0 Å². The molecule has 62 valence electrons. The van der Waals surface area contributed by atoms with Crippen LogP contribution in [0.4, 0.5) is 0 Å². The van der Waals surface area contributed by atoms with Crippen LogP contribution >= 0.6 is 11.6 Å². The first-order valence-electron chi connectivity index (χ1n) is 3.78. The van der Waals surface area contributed by atoms with Gasteiger partial charge in [0.25, 0.3) is 0 Å². The van der Waals surface area contributed by atoms with Gasteiger partial charge in [0, 0.05) is 12.4 Å². The largest absolute Gasteiger partial charge is 0.305 e. The fourth-order valence-corrected chi connectivity index (χ4v) is 1.62. The van der Waals surface area contributed by atoms with Gasteiger partial charge in [-0.3, -0.25) is 0 Å². The van der Waals surface area contributed by atoms with Crippen LogP contribution in [-0.2, 0) is 0 Å². The lowest BCUT2D eigenvalue weighted by Crippen LogP contribution is -1.85. The van der Waals surface area contributed by atoms with Gasteiger partial charge in [-0.25, -0.2) is 4.98 Å². The molecule has 0 atom stereocenters. The zero-order chi connectivity index (χ0) is 8.72. The van der Waals surface area contributed by atoms with Crippen molar-refractivity contribution in [2.45, 2.75) is 13.8 Å². The molecule has 0 aliphatic heterocycles. The van der Waals surface area contributed by atoms with Gasteiger partial charge in [0.05, 0.1) is 10.7 Å². The summed E-state index contributed by atoms with van der Waals surface area (Å²) in [5.41, 5.74) is 2.96. The van der Waals surface area contributed by atoms with Gasteiger partial charge in [0.15, 0.2) is 5.65 Å². The maximum Gasteiger partial charge on any atom is 0.155 e. The maximum atomic E-state index is 5.99. The number of fused-ring (bicyclic) bond motifs is 1. The maximum absolute atomic E-state index is 5.99. The number of pyridine rings is 1. The molecule has 0 unspecified atom stereocenters. The van der Waals surface area contributed by atoms with Gasteiger partial charge in [-0.1, -0.05) is 11.6 Å². The van der Waals surface area contributed by atoms with E-state index in [9.17, 15) is 0 Å². The molecule has 0 saturated carbocycles. The fourth-order valence-electron chi connectivity index (χ4n) is 1.31. The summed E-state index contributed by atoms with van der Waals surface area (Å²) in [5, 5.41) is 0.711. The van der Waals surface area contributed by atoms with Crippen LogP contribution in [0.2, 0.25) is 5.02 Å². The van der Waals surface area contributed by atoms with E-state index < -0.39 is 0 Å². The number of rotatable bonds is 0. The van der Waals surface area contributed by atoms with Crippen molar-refractivity contribution in [1.29, 1.82) is 0 Å². The first-order chi connectivity index (χ1) is 5.66. The van der Waals surface area contributed by atoms with Crippen LogP contribution in [0.1, 0.15) is 11.3 Å². The number of hydrogen-bond donors (Lipinski definition) is 0. The molecule has 2 rings (SSSR count). The first kappa shape index (κ1) is 7.62. The summed E-state index contributed by atoms with van der Waals surface area (Å²) in [6, 6.07) is 1.92. The van der Waals surface area contributed by atoms with Gasteiger partial charge in [-0.2, -0.15) is 0 Å². The smallest absolute Gasteiger partial charge is 0.155 e. The monoisotopic (exact) mass is 180 g/mol. The molecule has 0 fully saturated rings. The van der Waals surface area contributed by atoms with Crippen LogP contribution in [0, 0.1) is 13.8 Å². The van der Waals surface area contributed by atoms with E-state index in [1.54, 1.807) is 0 Å². The summed E-state index contributed by atoms with van der Waals surface area (Å²) in [4.78, 5) is 4.28. The summed E-state index contributed by atoms with van der Waals surface area (Å²) in [6.45, 7) is 3.97. The van der Waals surface area contributed by atoms with E-state index in [2.05, 4.69) is 4.98 Å². The summed E-state index contributed by atoms with van der Waals surface area (Å²) in [5.74, 6) is 0. The Kier molecular flexibility index (Phi) is 1.58. The molecule has 0 spiro atoms. The highest BCUT2D eigenvalue weighted by molar-refractivity contribution is 6.33. The van der Waals surface area contributed by atoms with Gasteiger partial charge in [-0.05, 0) is 25.5 Å². The van der Waals surface area contributed by atoms with Crippen molar-refractivity contribution in [3.05, 3.63) is 34.7 Å². The zero-order valence-corrected chi connectivity index (χ0v) is 7.76. The van der Waals surface area contributed by atoms with Crippen molar-refractivity contribution >= 4 is 17.2 Å². The van der Waals surface area contributed by atoms with E-state index in [0.29, 0.717) is 5.02 Å². The quantitative estimate of drug-likeness (QED) is 0.609. The number of aromatic nitrogens is 2. The van der Waals surface area contributed by atoms with Gasteiger partial charge < -0.3 is 4.40 Å². The number of nitrogens with zero attached hydrogens (tertiary/aromatic N) is 2. The average molecular weight is 181 g/mol. The third-order valence-corrected chi connectivity index (χ3v) is 2.04. The second-order valence-corrected chi connectivity index (χ2v) is 3.39. The van der Waals surface area contributed by atoms with Crippen molar-refractivity contribution in [2.75, 3.05) is 0 Å². The third kappa shape index (κ3) is 1.08. The van der Waals surface area contributed by atoms with E-state index >= 15 is 0 Å². The first-order valence-corrected chi connectivity index (χ1v) is 4.16. The SMILES string of the molecule is Cc1cc(Cl)c2nc(C)cn2c1. The number of hydrogen-bond acceptors (Lipinski definition) is 1. The van der Waals surface area contributed by atoms with Crippen molar-refractivity contribution < 1.29 is 0 Å². The minimum absolute atomic E-state index is 0.711. The molecule has 12 heavy (non-hydrogen) atoms. The molecular weight excluding hydrogens is 172 g/mol. The molecule has 2 nitrogen and oxygen atoms in total. The van der Waals surface area contributed by atoms with E-state index in [-0.39, 0.29) is 0 Å². The number of imidazole rings is 1. The Balaban J connectivity index is 2.88. The fraction of sp³-hybridized carbons (Fsp3) is 0.222. The Morgan fingerprint density at radius 1 is 1.33 bits per heavy atom. The van der Waals surface area contributed by atoms with E-state index in [1.807, 2.05) is 36.7 Å². The second-order valence-electron chi connectivity index (χ2n) is 2.98. The summed E-state index contributed by atoms with van der Waals surface area (Å²) < 4.78 is 1.95. The number of halogens is 1. The predicted octanol–water partition coefficient (Wildman–Crippen LogP) is 2.60. The van der Waals surface area contributed by atoms with E-state index in [1.165, 1.54) is 0 Å². The molecule has 0 aliphatic rings. The lowest BCUT2D eigenvalue weighted by Gasteiger charge is -1.97. The summed E-state index contributed by atoms with van der Waals surface area (Å²) in [7, 11) is 0. The molecule has 2 aromatic rings. The highest BCUT2D eigenvalue weighted by Gasteiger charge is 2.02. The van der Waals surface area contributed by atoms with Crippen molar-refractivity contribution in [3.63, 3.8) is 0 Å². The molecule has 2 aromatic heterocycles. The Hall–Kier alpha value is -1.02. The van der Waals surface area contributed by atoms with Crippen LogP contribution in [0.15, 0.2) is 18.5 Å². The lowest BCUT2D eigenvalue weighted by molar-refractivity contribution is 1.15. The van der Waals surface area contributed by atoms with Crippen LogP contribution in [0.25, 0.3) is 5.65 Å². The van der Waals surface area contributed by atoms with Crippen molar-refractivity contribution in [1.82, 2.24) is 9.38 Å². The third-order valence-electron chi connectivity index (χ3n) is 1.76. The lowest BCUT2D eigenvalue weighted by atomic mass is 10.3. The molecule has 0 aromatic carbocycles. The molecular formula is C9H9ClN2. The van der Waals surface area contributed by atoms with Gasteiger partial charge >= 0.3 is 0 Å². The van der Waals surface area contributed by atoms with Crippen LogP contribution in [0.5, 0.6) is 0 Å². The van der Waals surface area contributed by atoms with Crippen LogP contribution in [0.3, 0.4) is 0 Å². The van der Waals surface area contributed by atoms with Crippen LogP contribution in [-0.4, -0.2) is 9.38 Å². The standard InChI is InChI=1S/C9H9ClN2/c1-6-3-8(10)9-11-7(2)5-12(9)4-6/h3-5H,1-2H3. The van der Waals surface area contributed by atoms with E-state index in [4.69, 9.17) is 11.6 Å². The second kappa shape index (κ2) is 2.49. The molecule has 0 bridgehead atoms. The van der Waals surface area contributed by atoms with Gasteiger partial charge in [0.2, 0.25) is 0 Å². The Morgan fingerprint density at radius 2 is 2.08 bits per heavy atom. The highest BCUT2D eigenvalue weighted by atomic mass is 35.5. The predicted molar refractivity (Wildman–Crippen MR) is 49.7 cm³/mol. The molecule has 3 heteroatoms. The van der Waals surface area contributed by atoms with E-state index in [0.717, 1.165) is 16.9 Å². The molecule has 0 N–H and O–H groups in total. The zero-order valence-electron chi connectivity index (χ0n) is 7.00. The highest BCUT2D eigenvalue weighted by Crippen LogP contribution is 2.17. The van der Waals surface area contributed by atoms with Crippen molar-refractivity contribution in [3.8, 4) is 0 Å². The molecule has 0 saturated heterocycles. The minimum Gasteiger partial charge on any atom is -0.305 e. The Morgan fingerprint density at radius 3 is 2.83 bits per heavy atom. The Labute approximate surface area is 75.8 Å². The molecule has 0 radical (unpaired) electrons. The van der Waals surface area contributed by atoms with Gasteiger partial charge in [-0.15, -0.1) is 0 Å². The molecule has 2 heterocycles. The van der Waals surface area contributed by atoms with Crippen LogP contribution < -0.4 is 0 Å². The normalized spacial score (nSPS) is 10.9. The summed E-state index contributed by atoms with van der Waals surface area (Å²) in [6.07, 6.45) is 3.98. The average Bonchev–Trinajstić information content (AvgIpc) is 2.29. The van der Waals surface area contributed by atoms with Crippen molar-refractivity contribution in [2.24, 2.45) is 0 Å². The topological polar surface area (TPSA) is 17.3 Å². The molecule has 0 aliphatic carbocycles. The Bertz CT molecular complexity index is 431. The molecule has 0 amide bonds. The summed E-state index contributed by atoms with van der Waals surface area (Å²) >= 11 is 5.99.